The van der Waals surface area contributed by atoms with Gasteiger partial charge in [-0.3, -0.25) is 0 Å². The molecule has 4 heteroatoms. The van der Waals surface area contributed by atoms with E-state index in [1.54, 1.807) is 6.20 Å². The molecule has 0 aliphatic carbocycles. The van der Waals surface area contributed by atoms with Gasteiger partial charge >= 0.3 is 0 Å². The predicted octanol–water partition coefficient (Wildman–Crippen LogP) is 1.27. The fourth-order valence-electron chi connectivity index (χ4n) is 1.55. The fraction of sp³-hybridized carbons (Fsp3) is 0.545. The molecule has 4 nitrogen and oxygen atoms in total. The molecular formula is C11H16N2O2. The van der Waals surface area contributed by atoms with Crippen LogP contribution in [0.1, 0.15) is 24.9 Å². The number of pyridine rings is 1. The Morgan fingerprint density at radius 2 is 2.53 bits per heavy atom. The maximum absolute atomic E-state index is 5.78. The molecule has 2 N–H and O–H groups in total. The SMILES string of the molecule is C[C@@H](N)c1ccnc(OC2CCOC2)c1. The number of hydrogen-bond donors (Lipinski definition) is 1. The Labute approximate surface area is 89.4 Å². The molecule has 0 bridgehead atoms. The average molecular weight is 208 g/mol. The summed E-state index contributed by atoms with van der Waals surface area (Å²) in [6.45, 7) is 3.37. The van der Waals surface area contributed by atoms with E-state index in [0.717, 1.165) is 18.6 Å². The number of ether oxygens (including phenoxy) is 2. The maximum atomic E-state index is 5.78. The zero-order valence-corrected chi connectivity index (χ0v) is 8.85. The molecule has 2 atom stereocenters. The van der Waals surface area contributed by atoms with E-state index in [4.69, 9.17) is 15.2 Å². The summed E-state index contributed by atoms with van der Waals surface area (Å²) in [6.07, 6.45) is 2.80. The smallest absolute Gasteiger partial charge is 0.213 e. The van der Waals surface area contributed by atoms with Gasteiger partial charge in [-0.2, -0.15) is 0 Å². The van der Waals surface area contributed by atoms with Crippen molar-refractivity contribution in [2.45, 2.75) is 25.5 Å². The highest BCUT2D eigenvalue weighted by molar-refractivity contribution is 5.23. The Morgan fingerprint density at radius 3 is 3.20 bits per heavy atom. The molecule has 2 heterocycles. The second-order valence-electron chi connectivity index (χ2n) is 3.82. The van der Waals surface area contributed by atoms with Crippen LogP contribution < -0.4 is 10.5 Å². The van der Waals surface area contributed by atoms with Crippen LogP contribution in [0, 0.1) is 0 Å². The van der Waals surface area contributed by atoms with Crippen LogP contribution in [0.5, 0.6) is 5.88 Å². The molecule has 0 aromatic carbocycles. The Hall–Kier alpha value is -1.13. The molecule has 1 aromatic heterocycles. The zero-order valence-electron chi connectivity index (χ0n) is 8.85. The van der Waals surface area contributed by atoms with Crippen molar-refractivity contribution in [3.8, 4) is 5.88 Å². The summed E-state index contributed by atoms with van der Waals surface area (Å²) < 4.78 is 10.9. The number of rotatable bonds is 3. The third kappa shape index (κ3) is 2.67. The lowest BCUT2D eigenvalue weighted by atomic mass is 10.1. The van der Waals surface area contributed by atoms with E-state index in [0.29, 0.717) is 12.5 Å². The minimum absolute atomic E-state index is 0.00942. The summed E-state index contributed by atoms with van der Waals surface area (Å²) in [5, 5.41) is 0. The van der Waals surface area contributed by atoms with Gasteiger partial charge in [0, 0.05) is 24.7 Å². The van der Waals surface area contributed by atoms with Gasteiger partial charge in [-0.1, -0.05) is 0 Å². The molecule has 15 heavy (non-hydrogen) atoms. The van der Waals surface area contributed by atoms with Crippen molar-refractivity contribution in [2.24, 2.45) is 5.73 Å². The molecule has 2 rings (SSSR count). The van der Waals surface area contributed by atoms with Crippen LogP contribution in [0.25, 0.3) is 0 Å². The minimum atomic E-state index is 0.00942. The van der Waals surface area contributed by atoms with Crippen LogP contribution in [0.3, 0.4) is 0 Å². The Morgan fingerprint density at radius 1 is 1.67 bits per heavy atom. The Kier molecular flexibility index (Phi) is 3.18. The Bertz CT molecular complexity index is 322. The highest BCUT2D eigenvalue weighted by Gasteiger charge is 2.17. The first-order valence-electron chi connectivity index (χ1n) is 5.21. The second kappa shape index (κ2) is 4.59. The van der Waals surface area contributed by atoms with Gasteiger partial charge in [0.15, 0.2) is 0 Å². The summed E-state index contributed by atoms with van der Waals surface area (Å²) in [5.74, 6) is 0.639. The first-order chi connectivity index (χ1) is 7.25. The second-order valence-corrected chi connectivity index (χ2v) is 3.82. The van der Waals surface area contributed by atoms with Crippen LogP contribution in [0.15, 0.2) is 18.3 Å². The van der Waals surface area contributed by atoms with Crippen LogP contribution in [-0.2, 0) is 4.74 Å². The first kappa shape index (κ1) is 10.4. The molecular weight excluding hydrogens is 192 g/mol. The van der Waals surface area contributed by atoms with Gasteiger partial charge in [-0.25, -0.2) is 4.98 Å². The number of nitrogens with two attached hydrogens (primary N) is 1. The highest BCUT2D eigenvalue weighted by Crippen LogP contribution is 2.18. The highest BCUT2D eigenvalue weighted by atomic mass is 16.5. The minimum Gasteiger partial charge on any atom is -0.472 e. The lowest BCUT2D eigenvalue weighted by Crippen LogP contribution is -2.16. The van der Waals surface area contributed by atoms with Crippen molar-refractivity contribution in [1.82, 2.24) is 4.98 Å². The van der Waals surface area contributed by atoms with Crippen LogP contribution >= 0.6 is 0 Å². The van der Waals surface area contributed by atoms with Crippen molar-refractivity contribution in [3.63, 3.8) is 0 Å². The third-order valence-corrected chi connectivity index (χ3v) is 2.46. The van der Waals surface area contributed by atoms with Gasteiger partial charge in [-0.05, 0) is 18.6 Å². The molecule has 0 spiro atoms. The van der Waals surface area contributed by atoms with E-state index < -0.39 is 0 Å². The predicted molar refractivity (Wildman–Crippen MR) is 56.7 cm³/mol. The zero-order chi connectivity index (χ0) is 10.7. The largest absolute Gasteiger partial charge is 0.472 e. The molecule has 1 saturated heterocycles. The number of nitrogens with zero attached hydrogens (tertiary/aromatic N) is 1. The molecule has 1 fully saturated rings. The van der Waals surface area contributed by atoms with Crippen molar-refractivity contribution in [3.05, 3.63) is 23.9 Å². The van der Waals surface area contributed by atoms with E-state index in [1.807, 2.05) is 19.1 Å². The van der Waals surface area contributed by atoms with Crippen LogP contribution in [-0.4, -0.2) is 24.3 Å². The maximum Gasteiger partial charge on any atom is 0.213 e. The summed E-state index contributed by atoms with van der Waals surface area (Å²) in [5.41, 5.74) is 6.82. The van der Waals surface area contributed by atoms with E-state index in [2.05, 4.69) is 4.98 Å². The van der Waals surface area contributed by atoms with E-state index in [9.17, 15) is 0 Å². The van der Waals surface area contributed by atoms with Crippen molar-refractivity contribution in [1.29, 1.82) is 0 Å². The van der Waals surface area contributed by atoms with Gasteiger partial charge in [0.2, 0.25) is 5.88 Å². The fourth-order valence-corrected chi connectivity index (χ4v) is 1.55. The molecule has 1 unspecified atom stereocenters. The van der Waals surface area contributed by atoms with Crippen LogP contribution in [0.4, 0.5) is 0 Å². The molecule has 82 valence electrons. The van der Waals surface area contributed by atoms with Gasteiger partial charge in [-0.15, -0.1) is 0 Å². The van der Waals surface area contributed by atoms with Crippen LogP contribution in [0.2, 0.25) is 0 Å². The van der Waals surface area contributed by atoms with Gasteiger partial charge in [0.25, 0.3) is 0 Å². The van der Waals surface area contributed by atoms with Gasteiger partial charge in [0.05, 0.1) is 13.2 Å². The molecule has 1 aromatic rings. The van der Waals surface area contributed by atoms with Gasteiger partial charge in [0.1, 0.15) is 6.10 Å². The molecule has 0 saturated carbocycles. The van der Waals surface area contributed by atoms with Crippen molar-refractivity contribution in [2.75, 3.05) is 13.2 Å². The normalized spacial score (nSPS) is 22.7. The quantitative estimate of drug-likeness (QED) is 0.812. The number of aromatic nitrogens is 1. The summed E-state index contributed by atoms with van der Waals surface area (Å²) in [7, 11) is 0. The van der Waals surface area contributed by atoms with Gasteiger partial charge < -0.3 is 15.2 Å². The molecule has 0 radical (unpaired) electrons. The standard InChI is InChI=1S/C11H16N2O2/c1-8(12)9-2-4-13-11(6-9)15-10-3-5-14-7-10/h2,4,6,8,10H,3,5,7,12H2,1H3/t8-,10?/m1/s1. The molecule has 1 aliphatic heterocycles. The average Bonchev–Trinajstić information content (AvgIpc) is 2.71. The van der Waals surface area contributed by atoms with Crippen molar-refractivity contribution >= 4 is 0 Å². The van der Waals surface area contributed by atoms with Crippen molar-refractivity contribution < 1.29 is 9.47 Å². The van der Waals surface area contributed by atoms with E-state index in [1.165, 1.54) is 0 Å². The summed E-state index contributed by atoms with van der Waals surface area (Å²) in [6, 6.07) is 3.81. The van der Waals surface area contributed by atoms with E-state index in [-0.39, 0.29) is 12.1 Å². The topological polar surface area (TPSA) is 57.4 Å². The summed E-state index contributed by atoms with van der Waals surface area (Å²) in [4.78, 5) is 4.15. The first-order valence-corrected chi connectivity index (χ1v) is 5.21. The Balaban J connectivity index is 2.04. The number of hydrogen-bond acceptors (Lipinski definition) is 4. The lowest BCUT2D eigenvalue weighted by molar-refractivity contribution is 0.138. The monoisotopic (exact) mass is 208 g/mol. The molecule has 0 amide bonds. The third-order valence-electron chi connectivity index (χ3n) is 2.46. The summed E-state index contributed by atoms with van der Waals surface area (Å²) >= 11 is 0. The molecule has 1 aliphatic rings. The van der Waals surface area contributed by atoms with E-state index >= 15 is 0 Å². The lowest BCUT2D eigenvalue weighted by Gasteiger charge is -2.12.